The smallest absolute Gasteiger partial charge is 0.311 e. The van der Waals surface area contributed by atoms with Crippen LogP contribution in [0.1, 0.15) is 29.4 Å². The Bertz CT molecular complexity index is 771. The zero-order valence-corrected chi connectivity index (χ0v) is 14.1. The lowest BCUT2D eigenvalue weighted by Crippen LogP contribution is -2.48. The second-order valence-electron chi connectivity index (χ2n) is 6.37. The molecule has 1 aliphatic heterocycles. The average molecular weight is 347 g/mol. The predicted molar refractivity (Wildman–Crippen MR) is 90.6 cm³/mol. The normalized spacial score (nSPS) is 20.8. The van der Waals surface area contributed by atoms with E-state index in [1.807, 2.05) is 6.07 Å². The molecule has 1 aromatic carbocycles. The monoisotopic (exact) mass is 347 g/mol. The van der Waals surface area contributed by atoms with Gasteiger partial charge >= 0.3 is 5.97 Å². The number of carbonyl (C=O) groups excluding carboxylic acids is 1. The van der Waals surface area contributed by atoms with Gasteiger partial charge in [0.1, 0.15) is 5.82 Å². The van der Waals surface area contributed by atoms with Gasteiger partial charge in [-0.15, -0.1) is 11.3 Å². The van der Waals surface area contributed by atoms with E-state index in [1.54, 1.807) is 30.0 Å². The number of amides is 1. The van der Waals surface area contributed by atoms with Crippen molar-refractivity contribution in [1.82, 2.24) is 4.90 Å². The molecule has 1 aliphatic rings. The van der Waals surface area contributed by atoms with E-state index in [2.05, 4.69) is 0 Å². The molecule has 6 heteroatoms. The Labute approximate surface area is 143 Å². The number of rotatable bonds is 3. The van der Waals surface area contributed by atoms with Crippen LogP contribution in [0.15, 0.2) is 36.4 Å². The van der Waals surface area contributed by atoms with E-state index in [-0.39, 0.29) is 18.3 Å². The largest absolute Gasteiger partial charge is 0.481 e. The lowest BCUT2D eigenvalue weighted by Gasteiger charge is -2.37. The lowest BCUT2D eigenvalue weighted by atomic mass is 9.82. The minimum absolute atomic E-state index is 0.138. The van der Waals surface area contributed by atoms with Gasteiger partial charge < -0.3 is 10.0 Å². The van der Waals surface area contributed by atoms with Crippen LogP contribution in [0.5, 0.6) is 0 Å². The van der Waals surface area contributed by atoms with Crippen molar-refractivity contribution in [1.29, 1.82) is 0 Å². The third-order valence-corrected chi connectivity index (χ3v) is 5.57. The highest BCUT2D eigenvalue weighted by atomic mass is 32.1. The summed E-state index contributed by atoms with van der Waals surface area (Å²) in [4.78, 5) is 27.2. The van der Waals surface area contributed by atoms with Crippen LogP contribution in [0.25, 0.3) is 10.4 Å². The number of carboxylic acids is 1. The number of halogens is 1. The first-order chi connectivity index (χ1) is 11.4. The number of hydrogen-bond acceptors (Lipinski definition) is 3. The van der Waals surface area contributed by atoms with Gasteiger partial charge in [-0.25, -0.2) is 4.39 Å². The Morgan fingerprint density at radius 2 is 1.92 bits per heavy atom. The number of hydrogen-bond donors (Lipinski definition) is 1. The van der Waals surface area contributed by atoms with Crippen molar-refractivity contribution in [3.05, 3.63) is 47.1 Å². The number of benzene rings is 1. The Kier molecular flexibility index (Phi) is 4.41. The molecule has 1 fully saturated rings. The summed E-state index contributed by atoms with van der Waals surface area (Å²) in [5.41, 5.74) is -0.0280. The summed E-state index contributed by atoms with van der Waals surface area (Å²) in [6.07, 6.45) is 1.27. The number of nitrogens with zero attached hydrogens (tertiary/aromatic N) is 1. The highest BCUT2D eigenvalue weighted by molar-refractivity contribution is 7.17. The number of aliphatic carboxylic acids is 1. The van der Waals surface area contributed by atoms with Gasteiger partial charge in [0.2, 0.25) is 0 Å². The summed E-state index contributed by atoms with van der Waals surface area (Å²) in [5.74, 6) is -1.30. The van der Waals surface area contributed by atoms with Crippen molar-refractivity contribution in [2.75, 3.05) is 13.1 Å². The van der Waals surface area contributed by atoms with Crippen molar-refractivity contribution in [2.45, 2.75) is 19.8 Å². The molecule has 1 atom stereocenters. The fraction of sp³-hybridized carbons (Fsp3) is 0.333. The average Bonchev–Trinajstić information content (AvgIpc) is 3.04. The molecule has 0 bridgehead atoms. The molecule has 1 saturated heterocycles. The van der Waals surface area contributed by atoms with E-state index >= 15 is 0 Å². The molecule has 2 heterocycles. The Hall–Kier alpha value is -2.21. The molecular weight excluding hydrogens is 329 g/mol. The van der Waals surface area contributed by atoms with E-state index in [4.69, 9.17) is 0 Å². The zero-order valence-electron chi connectivity index (χ0n) is 13.3. The number of thiophene rings is 1. The van der Waals surface area contributed by atoms with Gasteiger partial charge in [-0.1, -0.05) is 12.1 Å². The number of carbonyl (C=O) groups is 2. The Morgan fingerprint density at radius 1 is 1.21 bits per heavy atom. The summed E-state index contributed by atoms with van der Waals surface area (Å²) < 4.78 is 13.0. The highest BCUT2D eigenvalue weighted by Crippen LogP contribution is 2.33. The summed E-state index contributed by atoms with van der Waals surface area (Å²) in [7, 11) is 0. The molecular formula is C18H18FNO3S. The first kappa shape index (κ1) is 16.6. The van der Waals surface area contributed by atoms with Crippen LogP contribution in [0.2, 0.25) is 0 Å². The number of likely N-dealkylation sites (tertiary alicyclic amines) is 1. The van der Waals surface area contributed by atoms with E-state index in [1.165, 1.54) is 23.5 Å². The van der Waals surface area contributed by atoms with Crippen molar-refractivity contribution >= 4 is 23.2 Å². The number of carboxylic acid groups (broad SMARTS) is 1. The quantitative estimate of drug-likeness (QED) is 0.917. The standard InChI is InChI=1S/C18H18FNO3S/c1-18(17(22)23)9-2-10-20(11-18)16(21)15-8-7-14(24-15)12-3-5-13(19)6-4-12/h3-8H,2,9-11H2,1H3,(H,22,23). The second kappa shape index (κ2) is 6.36. The molecule has 24 heavy (non-hydrogen) atoms. The van der Waals surface area contributed by atoms with Gasteiger partial charge in [-0.05, 0) is 49.6 Å². The fourth-order valence-electron chi connectivity index (χ4n) is 2.97. The molecule has 0 radical (unpaired) electrons. The maximum Gasteiger partial charge on any atom is 0.311 e. The van der Waals surface area contributed by atoms with Crippen LogP contribution < -0.4 is 0 Å². The lowest BCUT2D eigenvalue weighted by molar-refractivity contribution is -0.150. The molecule has 2 aromatic rings. The van der Waals surface area contributed by atoms with Crippen LogP contribution in [-0.2, 0) is 4.79 Å². The van der Waals surface area contributed by atoms with Gasteiger partial charge in [0.05, 0.1) is 10.3 Å². The Balaban J connectivity index is 1.78. The molecule has 0 spiro atoms. The SMILES string of the molecule is CC1(C(=O)O)CCCN(C(=O)c2ccc(-c3ccc(F)cc3)s2)C1. The number of piperidine rings is 1. The topological polar surface area (TPSA) is 57.6 Å². The van der Waals surface area contributed by atoms with E-state index < -0.39 is 11.4 Å². The third-order valence-electron chi connectivity index (χ3n) is 4.45. The highest BCUT2D eigenvalue weighted by Gasteiger charge is 2.39. The second-order valence-corrected chi connectivity index (χ2v) is 7.45. The van der Waals surface area contributed by atoms with Crippen LogP contribution in [0.4, 0.5) is 4.39 Å². The van der Waals surface area contributed by atoms with E-state index in [9.17, 15) is 19.1 Å². The van der Waals surface area contributed by atoms with Crippen molar-refractivity contribution in [3.63, 3.8) is 0 Å². The fourth-order valence-corrected chi connectivity index (χ4v) is 3.94. The molecule has 0 saturated carbocycles. The summed E-state index contributed by atoms with van der Waals surface area (Å²) >= 11 is 1.34. The van der Waals surface area contributed by atoms with Crippen LogP contribution >= 0.6 is 11.3 Å². The molecule has 3 rings (SSSR count). The Morgan fingerprint density at radius 3 is 2.58 bits per heavy atom. The van der Waals surface area contributed by atoms with Crippen LogP contribution in [0.3, 0.4) is 0 Å². The summed E-state index contributed by atoms with van der Waals surface area (Å²) in [6.45, 7) is 2.49. The van der Waals surface area contributed by atoms with Gasteiger partial charge in [0, 0.05) is 18.0 Å². The van der Waals surface area contributed by atoms with Gasteiger partial charge in [0.25, 0.3) is 5.91 Å². The molecule has 1 amide bonds. The first-order valence-corrected chi connectivity index (χ1v) is 8.59. The molecule has 1 unspecified atom stereocenters. The van der Waals surface area contributed by atoms with Crippen molar-refractivity contribution in [3.8, 4) is 10.4 Å². The molecule has 126 valence electrons. The van der Waals surface area contributed by atoms with Gasteiger partial charge in [0.15, 0.2) is 0 Å². The molecule has 4 nitrogen and oxygen atoms in total. The van der Waals surface area contributed by atoms with Crippen LogP contribution in [0, 0.1) is 11.2 Å². The van der Waals surface area contributed by atoms with Gasteiger partial charge in [-0.2, -0.15) is 0 Å². The van der Waals surface area contributed by atoms with Crippen molar-refractivity contribution in [2.24, 2.45) is 5.41 Å². The molecule has 1 aromatic heterocycles. The summed E-state index contributed by atoms with van der Waals surface area (Å²) in [5, 5.41) is 9.38. The zero-order chi connectivity index (χ0) is 17.3. The summed E-state index contributed by atoms with van der Waals surface area (Å²) in [6, 6.07) is 9.72. The maximum absolute atomic E-state index is 13.0. The maximum atomic E-state index is 13.0. The van der Waals surface area contributed by atoms with Crippen LogP contribution in [-0.4, -0.2) is 35.0 Å². The predicted octanol–water partition coefficient (Wildman–Crippen LogP) is 3.88. The molecule has 0 aliphatic carbocycles. The first-order valence-electron chi connectivity index (χ1n) is 7.77. The third kappa shape index (κ3) is 3.19. The minimum Gasteiger partial charge on any atom is -0.481 e. The molecule has 1 N–H and O–H groups in total. The van der Waals surface area contributed by atoms with Gasteiger partial charge in [-0.3, -0.25) is 9.59 Å². The van der Waals surface area contributed by atoms with E-state index in [0.717, 1.165) is 10.4 Å². The van der Waals surface area contributed by atoms with Crippen molar-refractivity contribution < 1.29 is 19.1 Å². The minimum atomic E-state index is -0.884. The van der Waals surface area contributed by atoms with E-state index in [0.29, 0.717) is 24.3 Å².